The highest BCUT2D eigenvalue weighted by atomic mass is 16.5. The van der Waals surface area contributed by atoms with Gasteiger partial charge in [-0.15, -0.1) is 0 Å². The third-order valence-corrected chi connectivity index (χ3v) is 15.6. The van der Waals surface area contributed by atoms with Crippen LogP contribution in [-0.2, 0) is 52.8 Å². The molecule has 2 N–H and O–H groups in total. The predicted octanol–water partition coefficient (Wildman–Crippen LogP) is 6.57. The van der Waals surface area contributed by atoms with Crippen molar-refractivity contribution in [2.75, 3.05) is 54.5 Å². The van der Waals surface area contributed by atoms with Gasteiger partial charge in [0.1, 0.15) is 18.1 Å². The van der Waals surface area contributed by atoms with Gasteiger partial charge in [-0.3, -0.25) is 38.9 Å². The third-order valence-electron chi connectivity index (χ3n) is 15.6. The molecule has 0 radical (unpaired) electrons. The fourth-order valence-electron chi connectivity index (χ4n) is 11.2. The Hall–Kier alpha value is -6.08. The Bertz CT molecular complexity index is 2770. The predicted molar refractivity (Wildman–Crippen MR) is 278 cm³/mol. The van der Waals surface area contributed by atoms with Gasteiger partial charge < -0.3 is 29.2 Å². The summed E-state index contributed by atoms with van der Waals surface area (Å²) in [5.74, 6) is 3.41. The normalized spacial score (nSPS) is 21.8. The number of carbonyl (C=O) groups is 5. The standard InChI is InChI=1S/C57H74N8O7/c1-11-64-47-21-20-40-32-43(47)44(51(64)42-18-13-27-58-49(42)37(4)71-10)33-56(5,6)35-72-55(70)45-19-14-28-65(60-45)54(69)46(31-38-16-12-17-39(40)30-38)59-52(67)50(36(2)3)62(9)53(68)41-23-29-63(34-41)48(66)22-26-57(61(7)8)24-15-25-57/h12-13,16-18,20-21,27,30,32,36-37,41,45-46,50,60H,11,14-15,19,23-25,28-29,31,33-35H2,1-10H3,(H,59,67)/t37-,41-,45-,46-,50-/m0/s1. The van der Waals surface area contributed by atoms with Gasteiger partial charge in [0.25, 0.3) is 11.8 Å². The SMILES string of the molecule is CCn1c(-c2cccnc2[C@H](C)OC)c2c3cc(ccc31)-c1cccc(c1)C[C@H](NC(=O)[C@H](C(C)C)N(C)C(=O)[C@H]1CCN(C(=O)C#CC3(N(C)C)CCC3)C1)C(=O)N1CCC[C@H](N1)C(=O)OCC(C)(C)C2. The van der Waals surface area contributed by atoms with Crippen LogP contribution in [0.25, 0.3) is 33.3 Å². The fraction of sp³-hybridized carbons (Fsp3) is 0.544. The number of nitrogens with one attached hydrogen (secondary N) is 2. The molecule has 1 aliphatic carbocycles. The molecule has 6 bridgehead atoms. The van der Waals surface area contributed by atoms with Crippen LogP contribution in [0.15, 0.2) is 60.8 Å². The quantitative estimate of drug-likeness (QED) is 0.132. The zero-order valence-corrected chi connectivity index (χ0v) is 44.0. The number of methoxy groups -OCH3 is 1. The van der Waals surface area contributed by atoms with Crippen molar-refractivity contribution < 1.29 is 33.4 Å². The molecular formula is C57H74N8O7. The van der Waals surface area contributed by atoms with Crippen molar-refractivity contribution in [1.29, 1.82) is 0 Å². The largest absolute Gasteiger partial charge is 0.464 e. The van der Waals surface area contributed by atoms with Crippen molar-refractivity contribution >= 4 is 40.5 Å². The molecule has 8 rings (SSSR count). The van der Waals surface area contributed by atoms with E-state index in [1.807, 2.05) is 53.1 Å². The van der Waals surface area contributed by atoms with E-state index in [1.54, 1.807) is 25.3 Å². The van der Waals surface area contributed by atoms with E-state index in [2.05, 4.69) is 89.2 Å². The number of aryl methyl sites for hydroxylation is 1. The molecule has 5 atom stereocenters. The lowest BCUT2D eigenvalue weighted by atomic mass is 9.76. The highest BCUT2D eigenvalue weighted by molar-refractivity contribution is 5.97. The number of cyclic esters (lactones) is 1. The summed E-state index contributed by atoms with van der Waals surface area (Å²) in [6, 6.07) is 15.9. The third kappa shape index (κ3) is 10.7. The molecule has 384 valence electrons. The van der Waals surface area contributed by atoms with Crippen molar-refractivity contribution in [3.63, 3.8) is 0 Å². The van der Waals surface area contributed by atoms with Gasteiger partial charge in [0, 0.05) is 74.8 Å². The summed E-state index contributed by atoms with van der Waals surface area (Å²) in [7, 11) is 7.29. The smallest absolute Gasteiger partial charge is 0.324 e. The number of rotatable bonds is 10. The number of likely N-dealkylation sites (tertiary alicyclic amines) is 1. The first-order valence-electron chi connectivity index (χ1n) is 25.9. The number of ether oxygens (including phenoxy) is 2. The summed E-state index contributed by atoms with van der Waals surface area (Å²) in [5.41, 5.74) is 10.2. The van der Waals surface area contributed by atoms with Gasteiger partial charge in [-0.25, -0.2) is 5.43 Å². The zero-order chi connectivity index (χ0) is 51.6. The molecule has 3 aliphatic heterocycles. The molecule has 72 heavy (non-hydrogen) atoms. The molecular weight excluding hydrogens is 909 g/mol. The number of hydrogen-bond acceptors (Lipinski definition) is 10. The number of esters is 1. The second-order valence-corrected chi connectivity index (χ2v) is 21.7. The topological polar surface area (TPSA) is 159 Å². The molecule has 5 heterocycles. The minimum absolute atomic E-state index is 0.133. The number of amides is 4. The van der Waals surface area contributed by atoms with Crippen molar-refractivity contribution in [3.05, 3.63) is 77.6 Å². The van der Waals surface area contributed by atoms with Crippen molar-refractivity contribution in [3.8, 4) is 34.2 Å². The van der Waals surface area contributed by atoms with Crippen LogP contribution < -0.4 is 10.7 Å². The Morgan fingerprint density at radius 2 is 1.75 bits per heavy atom. The molecule has 0 spiro atoms. The van der Waals surface area contributed by atoms with Crippen LogP contribution >= 0.6 is 0 Å². The number of likely N-dealkylation sites (N-methyl/N-ethyl adjacent to an activating group) is 1. The summed E-state index contributed by atoms with van der Waals surface area (Å²) < 4.78 is 14.3. The van der Waals surface area contributed by atoms with E-state index >= 15 is 0 Å². The fourth-order valence-corrected chi connectivity index (χ4v) is 11.2. The summed E-state index contributed by atoms with van der Waals surface area (Å²) in [6.45, 7) is 13.9. The monoisotopic (exact) mass is 983 g/mol. The van der Waals surface area contributed by atoms with E-state index in [0.29, 0.717) is 45.3 Å². The second kappa shape index (κ2) is 21.6. The van der Waals surface area contributed by atoms with Crippen LogP contribution in [0, 0.1) is 29.1 Å². The highest BCUT2D eigenvalue weighted by Crippen LogP contribution is 2.42. The Morgan fingerprint density at radius 3 is 2.44 bits per heavy atom. The maximum absolute atomic E-state index is 14.8. The molecule has 4 aromatic rings. The summed E-state index contributed by atoms with van der Waals surface area (Å²) in [4.78, 5) is 81.1. The Balaban J connectivity index is 1.11. The lowest BCUT2D eigenvalue weighted by Crippen LogP contribution is -2.62. The molecule has 15 heteroatoms. The Labute approximate surface area is 425 Å². The van der Waals surface area contributed by atoms with Gasteiger partial charge >= 0.3 is 5.97 Å². The van der Waals surface area contributed by atoms with Crippen LogP contribution in [-0.4, -0.2) is 137 Å². The number of hydrogen-bond donors (Lipinski definition) is 2. The number of nitrogens with zero attached hydrogens (tertiary/aromatic N) is 6. The number of benzene rings is 2. The molecule has 15 nitrogen and oxygen atoms in total. The van der Waals surface area contributed by atoms with Gasteiger partial charge in [0.05, 0.1) is 35.6 Å². The Kier molecular flexibility index (Phi) is 15.6. The molecule has 3 fully saturated rings. The maximum atomic E-state index is 14.8. The minimum atomic E-state index is -1.06. The molecule has 2 saturated heterocycles. The molecule has 2 aromatic carbocycles. The van der Waals surface area contributed by atoms with Crippen molar-refractivity contribution in [2.45, 2.75) is 129 Å². The number of carbonyl (C=O) groups excluding carboxylic acids is 5. The van der Waals surface area contributed by atoms with Gasteiger partial charge in [-0.2, -0.15) is 0 Å². The van der Waals surface area contributed by atoms with Crippen LogP contribution in [0.5, 0.6) is 0 Å². The van der Waals surface area contributed by atoms with Crippen molar-refractivity contribution in [2.24, 2.45) is 17.3 Å². The lowest BCUT2D eigenvalue weighted by molar-refractivity contribution is -0.155. The summed E-state index contributed by atoms with van der Waals surface area (Å²) in [5, 5.41) is 5.61. The molecule has 2 aromatic heterocycles. The maximum Gasteiger partial charge on any atom is 0.324 e. The van der Waals surface area contributed by atoms with E-state index in [1.165, 1.54) is 9.91 Å². The first-order valence-corrected chi connectivity index (χ1v) is 25.9. The number of aromatic nitrogens is 2. The summed E-state index contributed by atoms with van der Waals surface area (Å²) in [6.07, 6.45) is 6.66. The lowest BCUT2D eigenvalue weighted by Gasteiger charge is -2.42. The first kappa shape index (κ1) is 52.2. The highest BCUT2D eigenvalue weighted by Gasteiger charge is 2.41. The number of hydrazine groups is 1. The van der Waals surface area contributed by atoms with Gasteiger partial charge in [-0.1, -0.05) is 63.9 Å². The van der Waals surface area contributed by atoms with Gasteiger partial charge in [0.15, 0.2) is 0 Å². The van der Waals surface area contributed by atoms with E-state index < -0.39 is 47.2 Å². The van der Waals surface area contributed by atoms with E-state index in [-0.39, 0.29) is 48.9 Å². The Morgan fingerprint density at radius 1 is 0.986 bits per heavy atom. The zero-order valence-electron chi connectivity index (χ0n) is 44.0. The van der Waals surface area contributed by atoms with Crippen molar-refractivity contribution in [1.82, 2.24) is 40.0 Å². The minimum Gasteiger partial charge on any atom is -0.464 e. The van der Waals surface area contributed by atoms with Gasteiger partial charge in [0.2, 0.25) is 11.8 Å². The van der Waals surface area contributed by atoms with E-state index in [9.17, 15) is 24.0 Å². The first-order chi connectivity index (χ1) is 34.3. The van der Waals surface area contributed by atoms with E-state index in [4.69, 9.17) is 14.5 Å². The summed E-state index contributed by atoms with van der Waals surface area (Å²) >= 11 is 0. The molecule has 4 aliphatic rings. The average molecular weight is 983 g/mol. The molecule has 4 amide bonds. The second-order valence-electron chi connectivity index (χ2n) is 21.7. The number of pyridine rings is 1. The van der Waals surface area contributed by atoms with Crippen LogP contribution in [0.3, 0.4) is 0 Å². The van der Waals surface area contributed by atoms with Gasteiger partial charge in [-0.05, 0) is 131 Å². The average Bonchev–Trinajstić information content (AvgIpc) is 3.97. The van der Waals surface area contributed by atoms with E-state index in [0.717, 1.165) is 69.4 Å². The van der Waals surface area contributed by atoms with Crippen LogP contribution in [0.2, 0.25) is 0 Å². The number of fused-ring (bicyclic) bond motifs is 6. The molecule has 0 unspecified atom stereocenters. The molecule has 1 saturated carbocycles. The van der Waals surface area contributed by atoms with Crippen LogP contribution in [0.4, 0.5) is 0 Å². The van der Waals surface area contributed by atoms with Crippen LogP contribution in [0.1, 0.15) is 103 Å².